The summed E-state index contributed by atoms with van der Waals surface area (Å²) in [6.45, 7) is 3.98. The number of hydrogen-bond donors (Lipinski definition) is 0. The number of nitrogens with zero attached hydrogens (tertiary/aromatic N) is 4. The van der Waals surface area contributed by atoms with Gasteiger partial charge in [0.15, 0.2) is 15.6 Å². The van der Waals surface area contributed by atoms with Gasteiger partial charge in [0.2, 0.25) is 0 Å². The summed E-state index contributed by atoms with van der Waals surface area (Å²) in [5, 5.41) is 0. The predicted molar refractivity (Wildman–Crippen MR) is 102 cm³/mol. The first kappa shape index (κ1) is 18.8. The van der Waals surface area contributed by atoms with E-state index in [2.05, 4.69) is 4.98 Å². The fourth-order valence-electron chi connectivity index (χ4n) is 3.25. The van der Waals surface area contributed by atoms with Crippen molar-refractivity contribution in [2.24, 2.45) is 0 Å². The van der Waals surface area contributed by atoms with Crippen LogP contribution in [0.25, 0.3) is 4.96 Å². The Balaban J connectivity index is 1.61. The molecule has 0 N–H and O–H groups in total. The maximum absolute atomic E-state index is 13.1. The van der Waals surface area contributed by atoms with E-state index in [9.17, 15) is 18.0 Å². The Morgan fingerprint density at radius 1 is 1.21 bits per heavy atom. The van der Waals surface area contributed by atoms with Crippen molar-refractivity contribution in [2.75, 3.05) is 26.2 Å². The molecule has 3 aromatic rings. The molecule has 4 heterocycles. The van der Waals surface area contributed by atoms with Crippen LogP contribution in [0.5, 0.6) is 0 Å². The lowest BCUT2D eigenvalue weighted by molar-refractivity contribution is 0.0666. The zero-order valence-electron chi connectivity index (χ0n) is 15.3. The van der Waals surface area contributed by atoms with E-state index >= 15 is 0 Å². The number of carbonyl (C=O) groups is 1. The number of aryl methyl sites for hydroxylation is 2. The van der Waals surface area contributed by atoms with E-state index in [0.29, 0.717) is 4.96 Å². The molecule has 9 nitrogen and oxygen atoms in total. The molecule has 0 unspecified atom stereocenters. The third-order valence-corrected chi connectivity index (χ3v) is 7.56. The van der Waals surface area contributed by atoms with E-state index in [-0.39, 0.29) is 48.4 Å². The van der Waals surface area contributed by atoms with Gasteiger partial charge < -0.3 is 9.32 Å². The van der Waals surface area contributed by atoms with Crippen LogP contribution in [0.1, 0.15) is 21.1 Å². The summed E-state index contributed by atoms with van der Waals surface area (Å²) in [5.41, 5.74) is -0.415. The average Bonchev–Trinajstić information content (AvgIpc) is 3.30. The summed E-state index contributed by atoms with van der Waals surface area (Å²) in [7, 11) is -4.03. The van der Waals surface area contributed by atoms with Gasteiger partial charge in [0, 0.05) is 37.3 Å². The summed E-state index contributed by atoms with van der Waals surface area (Å²) in [6, 6.07) is 3.19. The van der Waals surface area contributed by atoms with Gasteiger partial charge in [-0.2, -0.15) is 4.31 Å². The molecule has 0 aliphatic carbocycles. The van der Waals surface area contributed by atoms with E-state index in [0.717, 1.165) is 4.88 Å². The SMILES string of the molecule is Cc1cn2c(=O)c(S(=O)(=O)N3CCN(C(=O)c4ccco4)CC3)c(C)nc2s1. The number of sulfonamides is 1. The standard InChI is InChI=1S/C17H18N4O5S2/c1-11-10-21-16(23)14(12(2)18-17(21)27-11)28(24,25)20-7-5-19(6-8-20)15(22)13-4-3-9-26-13/h3-4,9-10H,5-8H2,1-2H3. The average molecular weight is 422 g/mol. The van der Waals surface area contributed by atoms with Gasteiger partial charge in [-0.3, -0.25) is 14.0 Å². The molecule has 1 aliphatic heterocycles. The monoisotopic (exact) mass is 422 g/mol. The molecule has 1 saturated heterocycles. The molecule has 148 valence electrons. The van der Waals surface area contributed by atoms with Gasteiger partial charge in [-0.25, -0.2) is 13.4 Å². The number of amides is 1. The Labute approximate surface area is 164 Å². The molecule has 3 aromatic heterocycles. The largest absolute Gasteiger partial charge is 0.459 e. The Morgan fingerprint density at radius 3 is 2.57 bits per heavy atom. The van der Waals surface area contributed by atoms with Gasteiger partial charge in [-0.15, -0.1) is 11.3 Å². The molecule has 0 bridgehead atoms. The van der Waals surface area contributed by atoms with Crippen molar-refractivity contribution in [3.63, 3.8) is 0 Å². The Kier molecular flexibility index (Phi) is 4.60. The summed E-state index contributed by atoms with van der Waals surface area (Å²) >= 11 is 1.33. The molecule has 1 amide bonds. The lowest BCUT2D eigenvalue weighted by Crippen LogP contribution is -2.51. The fourth-order valence-corrected chi connectivity index (χ4v) is 5.75. The summed E-state index contributed by atoms with van der Waals surface area (Å²) in [5.74, 6) is -0.0667. The molecule has 0 atom stereocenters. The lowest BCUT2D eigenvalue weighted by atomic mass is 10.3. The minimum absolute atomic E-state index is 0.0963. The highest BCUT2D eigenvalue weighted by Gasteiger charge is 2.34. The minimum atomic E-state index is -4.03. The van der Waals surface area contributed by atoms with Crippen LogP contribution in [0.4, 0.5) is 0 Å². The first-order valence-electron chi connectivity index (χ1n) is 8.61. The zero-order valence-corrected chi connectivity index (χ0v) is 16.9. The molecule has 4 rings (SSSR count). The van der Waals surface area contributed by atoms with E-state index in [1.54, 1.807) is 18.3 Å². The smallest absolute Gasteiger partial charge is 0.289 e. The number of hydrogen-bond acceptors (Lipinski definition) is 7. The first-order valence-corrected chi connectivity index (χ1v) is 10.9. The van der Waals surface area contributed by atoms with Crippen molar-refractivity contribution in [1.82, 2.24) is 18.6 Å². The highest BCUT2D eigenvalue weighted by Crippen LogP contribution is 2.21. The second kappa shape index (κ2) is 6.83. The molecule has 0 saturated carbocycles. The van der Waals surface area contributed by atoms with E-state index in [4.69, 9.17) is 4.42 Å². The van der Waals surface area contributed by atoms with Gasteiger partial charge in [0.1, 0.15) is 0 Å². The Morgan fingerprint density at radius 2 is 1.93 bits per heavy atom. The van der Waals surface area contributed by atoms with Crippen LogP contribution in [0.3, 0.4) is 0 Å². The summed E-state index contributed by atoms with van der Waals surface area (Å²) < 4.78 is 33.9. The zero-order chi connectivity index (χ0) is 20.1. The second-order valence-electron chi connectivity index (χ2n) is 6.50. The summed E-state index contributed by atoms with van der Waals surface area (Å²) in [4.78, 5) is 32.0. The maximum atomic E-state index is 13.1. The number of carbonyl (C=O) groups excluding carboxylic acids is 1. The third kappa shape index (κ3) is 3.05. The van der Waals surface area contributed by atoms with Crippen molar-refractivity contribution in [1.29, 1.82) is 0 Å². The van der Waals surface area contributed by atoms with Crippen LogP contribution in [-0.2, 0) is 10.0 Å². The van der Waals surface area contributed by atoms with Crippen LogP contribution in [0.2, 0.25) is 0 Å². The van der Waals surface area contributed by atoms with Gasteiger partial charge in [-0.05, 0) is 26.0 Å². The van der Waals surface area contributed by atoms with Crippen molar-refractivity contribution >= 4 is 32.2 Å². The van der Waals surface area contributed by atoms with Crippen LogP contribution in [0, 0.1) is 13.8 Å². The number of piperazine rings is 1. The van der Waals surface area contributed by atoms with Crippen LogP contribution in [-0.4, -0.2) is 59.1 Å². The number of rotatable bonds is 3. The fraction of sp³-hybridized carbons (Fsp3) is 0.353. The van der Waals surface area contributed by atoms with Gasteiger partial charge >= 0.3 is 0 Å². The van der Waals surface area contributed by atoms with Crippen molar-refractivity contribution in [2.45, 2.75) is 18.7 Å². The van der Waals surface area contributed by atoms with Gasteiger partial charge in [0.25, 0.3) is 21.5 Å². The van der Waals surface area contributed by atoms with Gasteiger partial charge in [0.05, 0.1) is 12.0 Å². The van der Waals surface area contributed by atoms with E-state index < -0.39 is 15.6 Å². The highest BCUT2D eigenvalue weighted by molar-refractivity contribution is 7.89. The molecule has 0 radical (unpaired) electrons. The molecule has 1 fully saturated rings. The molecule has 1 aliphatic rings. The quantitative estimate of drug-likeness (QED) is 0.626. The Hall–Kier alpha value is -2.50. The number of aromatic nitrogens is 2. The van der Waals surface area contributed by atoms with Crippen LogP contribution >= 0.6 is 11.3 Å². The third-order valence-electron chi connectivity index (χ3n) is 4.63. The Bertz CT molecular complexity index is 1200. The number of thiazole rings is 1. The lowest BCUT2D eigenvalue weighted by Gasteiger charge is -2.33. The molecular formula is C17H18N4O5S2. The van der Waals surface area contributed by atoms with Crippen LogP contribution in [0.15, 0.2) is 38.7 Å². The second-order valence-corrected chi connectivity index (χ2v) is 9.59. The first-order chi connectivity index (χ1) is 13.3. The maximum Gasteiger partial charge on any atom is 0.289 e. The molecule has 0 aromatic carbocycles. The summed E-state index contributed by atoms with van der Waals surface area (Å²) in [6.07, 6.45) is 3.01. The van der Waals surface area contributed by atoms with Crippen molar-refractivity contribution < 1.29 is 17.6 Å². The molecule has 0 spiro atoms. The van der Waals surface area contributed by atoms with Crippen molar-refractivity contribution in [3.05, 3.63) is 51.3 Å². The minimum Gasteiger partial charge on any atom is -0.459 e. The number of fused-ring (bicyclic) bond motifs is 1. The van der Waals surface area contributed by atoms with E-state index in [1.807, 2.05) is 6.92 Å². The predicted octanol–water partition coefficient (Wildman–Crippen LogP) is 1.11. The normalized spacial score (nSPS) is 16.0. The topological polar surface area (TPSA) is 105 Å². The molecule has 11 heteroatoms. The molecular weight excluding hydrogens is 404 g/mol. The number of furan rings is 1. The van der Waals surface area contributed by atoms with Gasteiger partial charge in [-0.1, -0.05) is 0 Å². The van der Waals surface area contributed by atoms with E-state index in [1.165, 1.54) is 38.1 Å². The highest BCUT2D eigenvalue weighted by atomic mass is 32.2. The van der Waals surface area contributed by atoms with Crippen molar-refractivity contribution in [3.8, 4) is 0 Å². The van der Waals surface area contributed by atoms with Crippen LogP contribution < -0.4 is 5.56 Å². The molecule has 28 heavy (non-hydrogen) atoms.